The second kappa shape index (κ2) is 4.22. The number of rotatable bonds is 3. The summed E-state index contributed by atoms with van der Waals surface area (Å²) >= 11 is 0. The van der Waals surface area contributed by atoms with Crippen molar-refractivity contribution in [2.45, 2.75) is 32.1 Å². The van der Waals surface area contributed by atoms with Crippen LogP contribution in [0.15, 0.2) is 25.2 Å². The predicted molar refractivity (Wildman–Crippen MR) is 47.0 cm³/mol. The molecule has 1 aliphatic rings. The molecular formula is C10H16O. The maximum Gasteiger partial charge on any atom is 0.0990 e. The quantitative estimate of drug-likeness (QED) is 0.564. The average Bonchev–Trinajstić information content (AvgIpc) is 2.07. The van der Waals surface area contributed by atoms with Crippen LogP contribution in [0.2, 0.25) is 0 Å². The summed E-state index contributed by atoms with van der Waals surface area (Å²) in [5.41, 5.74) is 0. The molecule has 1 fully saturated rings. The molecule has 0 radical (unpaired) electrons. The molecule has 1 heteroatoms. The maximum absolute atomic E-state index is 5.15. The lowest BCUT2D eigenvalue weighted by molar-refractivity contribution is 0.252. The molecule has 1 aliphatic carbocycles. The fourth-order valence-corrected chi connectivity index (χ4v) is 1.63. The smallest absolute Gasteiger partial charge is 0.0990 e. The molecule has 1 rings (SSSR count). The Balaban J connectivity index is 2.32. The largest absolute Gasteiger partial charge is 0.470 e. The van der Waals surface area contributed by atoms with Gasteiger partial charge in [-0.2, -0.15) is 0 Å². The molecule has 0 aromatic heterocycles. The molecule has 0 aromatic carbocycles. The van der Waals surface area contributed by atoms with Crippen LogP contribution >= 0.6 is 0 Å². The Labute approximate surface area is 68.8 Å². The van der Waals surface area contributed by atoms with E-state index >= 15 is 0 Å². The minimum Gasteiger partial charge on any atom is -0.470 e. The van der Waals surface area contributed by atoms with Crippen LogP contribution in [-0.4, -0.2) is 0 Å². The van der Waals surface area contributed by atoms with Crippen molar-refractivity contribution in [2.75, 3.05) is 0 Å². The molecule has 1 nitrogen and oxygen atoms in total. The third-order valence-corrected chi connectivity index (χ3v) is 2.30. The van der Waals surface area contributed by atoms with E-state index in [2.05, 4.69) is 13.2 Å². The number of hydrogen-bond acceptors (Lipinski definition) is 1. The highest BCUT2D eigenvalue weighted by Gasteiger charge is 2.16. The summed E-state index contributed by atoms with van der Waals surface area (Å²) in [7, 11) is 0. The van der Waals surface area contributed by atoms with E-state index in [4.69, 9.17) is 4.74 Å². The zero-order valence-electron chi connectivity index (χ0n) is 7.01. The Morgan fingerprint density at radius 2 is 1.91 bits per heavy atom. The molecule has 0 N–H and O–H groups in total. The van der Waals surface area contributed by atoms with Gasteiger partial charge < -0.3 is 4.74 Å². The van der Waals surface area contributed by atoms with Crippen LogP contribution < -0.4 is 0 Å². The zero-order valence-corrected chi connectivity index (χ0v) is 7.01. The third-order valence-electron chi connectivity index (χ3n) is 2.30. The van der Waals surface area contributed by atoms with Crippen molar-refractivity contribution in [3.63, 3.8) is 0 Å². The maximum atomic E-state index is 5.15. The molecule has 0 saturated heterocycles. The van der Waals surface area contributed by atoms with Crippen LogP contribution in [0.3, 0.4) is 0 Å². The van der Waals surface area contributed by atoms with E-state index in [1.165, 1.54) is 38.4 Å². The normalized spacial score (nSPS) is 19.3. The molecule has 0 atom stereocenters. The second-order valence-electron chi connectivity index (χ2n) is 3.09. The highest BCUT2D eigenvalue weighted by molar-refractivity contribution is 4.94. The Hall–Kier alpha value is -0.720. The predicted octanol–water partition coefficient (Wildman–Crippen LogP) is 3.24. The van der Waals surface area contributed by atoms with Crippen LogP contribution in [0.5, 0.6) is 0 Å². The molecule has 62 valence electrons. The Bertz CT molecular complexity index is 143. The molecule has 0 bridgehead atoms. The van der Waals surface area contributed by atoms with Gasteiger partial charge in [-0.05, 0) is 12.8 Å². The van der Waals surface area contributed by atoms with Gasteiger partial charge in [-0.3, -0.25) is 0 Å². The van der Waals surface area contributed by atoms with Crippen molar-refractivity contribution < 1.29 is 4.74 Å². The molecule has 0 aromatic rings. The van der Waals surface area contributed by atoms with Gasteiger partial charge in [0.1, 0.15) is 0 Å². The lowest BCUT2D eigenvalue weighted by Crippen LogP contribution is -2.08. The summed E-state index contributed by atoms with van der Waals surface area (Å²) in [4.78, 5) is 0. The van der Waals surface area contributed by atoms with Crippen LogP contribution in [0.4, 0.5) is 0 Å². The van der Waals surface area contributed by atoms with Crippen LogP contribution in [0.25, 0.3) is 0 Å². The minimum absolute atomic E-state index is 0.585. The molecule has 11 heavy (non-hydrogen) atoms. The van der Waals surface area contributed by atoms with Gasteiger partial charge in [0.15, 0.2) is 0 Å². The summed E-state index contributed by atoms with van der Waals surface area (Å²) in [5, 5.41) is 0. The van der Waals surface area contributed by atoms with Gasteiger partial charge in [0.05, 0.1) is 12.0 Å². The van der Waals surface area contributed by atoms with Crippen molar-refractivity contribution in [1.29, 1.82) is 0 Å². The molecule has 0 amide bonds. The SMILES string of the molecule is C=COC(=C)C1CCCCC1. The Kier molecular flexibility index (Phi) is 3.21. The highest BCUT2D eigenvalue weighted by Crippen LogP contribution is 2.29. The van der Waals surface area contributed by atoms with Gasteiger partial charge >= 0.3 is 0 Å². The van der Waals surface area contributed by atoms with Gasteiger partial charge in [-0.15, -0.1) is 0 Å². The lowest BCUT2D eigenvalue weighted by atomic mass is 9.88. The van der Waals surface area contributed by atoms with Gasteiger partial charge in [0, 0.05) is 5.92 Å². The van der Waals surface area contributed by atoms with Crippen molar-refractivity contribution in [3.05, 3.63) is 25.2 Å². The first-order chi connectivity index (χ1) is 5.34. The van der Waals surface area contributed by atoms with E-state index in [1.54, 1.807) is 0 Å². The van der Waals surface area contributed by atoms with Crippen molar-refractivity contribution >= 4 is 0 Å². The van der Waals surface area contributed by atoms with Gasteiger partial charge in [0.2, 0.25) is 0 Å². The van der Waals surface area contributed by atoms with E-state index in [9.17, 15) is 0 Å². The number of hydrogen-bond donors (Lipinski definition) is 0. The first kappa shape index (κ1) is 8.38. The first-order valence-electron chi connectivity index (χ1n) is 4.31. The van der Waals surface area contributed by atoms with E-state index in [1.807, 2.05) is 0 Å². The summed E-state index contributed by atoms with van der Waals surface area (Å²) in [5.74, 6) is 1.49. The lowest BCUT2D eigenvalue weighted by Gasteiger charge is -2.22. The second-order valence-corrected chi connectivity index (χ2v) is 3.09. The van der Waals surface area contributed by atoms with Crippen LogP contribution in [-0.2, 0) is 4.74 Å². The summed E-state index contributed by atoms with van der Waals surface area (Å²) in [6, 6.07) is 0. The van der Waals surface area contributed by atoms with E-state index in [0.29, 0.717) is 5.92 Å². The van der Waals surface area contributed by atoms with Gasteiger partial charge in [-0.1, -0.05) is 32.4 Å². The fraction of sp³-hybridized carbons (Fsp3) is 0.600. The van der Waals surface area contributed by atoms with Gasteiger partial charge in [-0.25, -0.2) is 0 Å². The molecule has 1 saturated carbocycles. The third kappa shape index (κ3) is 2.41. The van der Waals surface area contributed by atoms with E-state index < -0.39 is 0 Å². The molecule has 0 unspecified atom stereocenters. The summed E-state index contributed by atoms with van der Waals surface area (Å²) in [6.45, 7) is 7.39. The number of allylic oxidation sites excluding steroid dienone is 1. The molecule has 0 aliphatic heterocycles. The van der Waals surface area contributed by atoms with Crippen LogP contribution in [0, 0.1) is 5.92 Å². The van der Waals surface area contributed by atoms with E-state index in [0.717, 1.165) is 5.76 Å². The Morgan fingerprint density at radius 3 is 2.45 bits per heavy atom. The standard InChI is InChI=1S/C10H16O/c1-3-11-9(2)10-7-5-4-6-8-10/h3,10H,1-2,4-8H2. The number of ether oxygens (including phenoxy) is 1. The highest BCUT2D eigenvalue weighted by atomic mass is 16.5. The minimum atomic E-state index is 0.585. The fourth-order valence-electron chi connectivity index (χ4n) is 1.63. The summed E-state index contributed by atoms with van der Waals surface area (Å²) < 4.78 is 5.15. The monoisotopic (exact) mass is 152 g/mol. The first-order valence-corrected chi connectivity index (χ1v) is 4.31. The van der Waals surface area contributed by atoms with Crippen molar-refractivity contribution in [2.24, 2.45) is 5.92 Å². The molecular weight excluding hydrogens is 136 g/mol. The average molecular weight is 152 g/mol. The van der Waals surface area contributed by atoms with Crippen molar-refractivity contribution in [1.82, 2.24) is 0 Å². The summed E-state index contributed by atoms with van der Waals surface area (Å²) in [6.07, 6.45) is 7.97. The zero-order chi connectivity index (χ0) is 8.10. The van der Waals surface area contributed by atoms with E-state index in [-0.39, 0.29) is 0 Å². The topological polar surface area (TPSA) is 9.23 Å². The van der Waals surface area contributed by atoms with Crippen LogP contribution in [0.1, 0.15) is 32.1 Å². The van der Waals surface area contributed by atoms with Gasteiger partial charge in [0.25, 0.3) is 0 Å². The van der Waals surface area contributed by atoms with Crippen molar-refractivity contribution in [3.8, 4) is 0 Å². The molecule has 0 heterocycles. The molecule has 0 spiro atoms. The Morgan fingerprint density at radius 1 is 1.27 bits per heavy atom.